The largest absolute Gasteiger partial charge is 0.330 e. The van der Waals surface area contributed by atoms with E-state index in [2.05, 4.69) is 4.99 Å². The number of nitrogens with two attached hydrogens (primary N) is 1. The zero-order chi connectivity index (χ0) is 8.69. The molecule has 0 aromatic rings. The van der Waals surface area contributed by atoms with Gasteiger partial charge in [-0.2, -0.15) is 10.3 Å². The first-order valence-electron chi connectivity index (χ1n) is 3.88. The fraction of sp³-hybridized carbons (Fsp3) is 0.750. The minimum atomic E-state index is 0.362. The molecule has 0 bridgehead atoms. The number of aliphatic imine (C=N–C) groups is 1. The molecule has 3 heteroatoms. The first kappa shape index (κ1) is 10.1. The summed E-state index contributed by atoms with van der Waals surface area (Å²) in [6.45, 7) is 4.73. The van der Waals surface area contributed by atoms with Crippen molar-refractivity contribution >= 4 is 5.71 Å². The lowest BCUT2D eigenvalue weighted by molar-refractivity contribution is 0.800. The van der Waals surface area contributed by atoms with Crippen molar-refractivity contribution in [3.8, 4) is 6.19 Å². The molecule has 0 fully saturated rings. The van der Waals surface area contributed by atoms with Gasteiger partial charge >= 0.3 is 0 Å². The Labute approximate surface area is 67.9 Å². The second-order valence-electron chi connectivity index (χ2n) is 2.75. The normalized spacial score (nSPS) is 11.7. The SMILES string of the molecule is CC(C)/C(CCCN)=N/C#N. The minimum absolute atomic E-state index is 0.362. The number of hydrogen-bond acceptors (Lipinski definition) is 3. The summed E-state index contributed by atoms with van der Waals surface area (Å²) in [5.74, 6) is 0.362. The Hall–Kier alpha value is -0.880. The van der Waals surface area contributed by atoms with Gasteiger partial charge < -0.3 is 5.73 Å². The van der Waals surface area contributed by atoms with Gasteiger partial charge in [-0.05, 0) is 25.3 Å². The molecular weight excluding hydrogens is 138 g/mol. The molecule has 0 saturated carbocycles. The average molecular weight is 153 g/mol. The highest BCUT2D eigenvalue weighted by Gasteiger charge is 2.03. The van der Waals surface area contributed by atoms with Gasteiger partial charge in [0.25, 0.3) is 0 Å². The van der Waals surface area contributed by atoms with E-state index in [0.29, 0.717) is 12.5 Å². The summed E-state index contributed by atoms with van der Waals surface area (Å²) in [5, 5.41) is 8.32. The van der Waals surface area contributed by atoms with Crippen molar-refractivity contribution in [1.29, 1.82) is 5.26 Å². The number of nitrogens with zero attached hydrogens (tertiary/aromatic N) is 2. The Bertz CT molecular complexity index is 165. The van der Waals surface area contributed by atoms with Crippen molar-refractivity contribution in [1.82, 2.24) is 0 Å². The maximum Gasteiger partial charge on any atom is 0.205 e. The van der Waals surface area contributed by atoms with Crippen molar-refractivity contribution < 1.29 is 0 Å². The second kappa shape index (κ2) is 5.87. The summed E-state index contributed by atoms with van der Waals surface area (Å²) in [4.78, 5) is 3.73. The summed E-state index contributed by atoms with van der Waals surface area (Å²) in [5.41, 5.74) is 6.29. The van der Waals surface area contributed by atoms with E-state index in [1.54, 1.807) is 6.19 Å². The summed E-state index contributed by atoms with van der Waals surface area (Å²) in [6.07, 6.45) is 3.57. The molecule has 62 valence electrons. The topological polar surface area (TPSA) is 62.2 Å². The van der Waals surface area contributed by atoms with Crippen molar-refractivity contribution in [2.75, 3.05) is 6.54 Å². The predicted molar refractivity (Wildman–Crippen MR) is 46.2 cm³/mol. The van der Waals surface area contributed by atoms with Gasteiger partial charge in [0.05, 0.1) is 0 Å². The lowest BCUT2D eigenvalue weighted by Crippen LogP contribution is -2.10. The average Bonchev–Trinajstić information content (AvgIpc) is 1.97. The molecule has 0 atom stereocenters. The zero-order valence-electron chi connectivity index (χ0n) is 7.17. The van der Waals surface area contributed by atoms with Gasteiger partial charge in [-0.25, -0.2) is 0 Å². The number of rotatable bonds is 4. The van der Waals surface area contributed by atoms with Crippen LogP contribution in [0.5, 0.6) is 0 Å². The van der Waals surface area contributed by atoms with Crippen LogP contribution < -0.4 is 5.73 Å². The Morgan fingerprint density at radius 1 is 1.64 bits per heavy atom. The Morgan fingerprint density at radius 2 is 2.27 bits per heavy atom. The van der Waals surface area contributed by atoms with Crippen molar-refractivity contribution in [3.05, 3.63) is 0 Å². The van der Waals surface area contributed by atoms with E-state index in [-0.39, 0.29) is 0 Å². The van der Waals surface area contributed by atoms with Crippen LogP contribution in [0.2, 0.25) is 0 Å². The van der Waals surface area contributed by atoms with Gasteiger partial charge in [-0.1, -0.05) is 13.8 Å². The van der Waals surface area contributed by atoms with Gasteiger partial charge in [-0.15, -0.1) is 0 Å². The van der Waals surface area contributed by atoms with E-state index in [0.717, 1.165) is 18.6 Å². The molecule has 0 radical (unpaired) electrons. The lowest BCUT2D eigenvalue weighted by atomic mass is 10.0. The quantitative estimate of drug-likeness (QED) is 0.489. The first-order chi connectivity index (χ1) is 5.22. The molecule has 2 N–H and O–H groups in total. The lowest BCUT2D eigenvalue weighted by Gasteiger charge is -2.05. The summed E-state index contributed by atoms with van der Waals surface area (Å²) in [6, 6.07) is 0. The van der Waals surface area contributed by atoms with Crippen molar-refractivity contribution in [2.45, 2.75) is 26.7 Å². The molecule has 0 amide bonds. The van der Waals surface area contributed by atoms with Crippen LogP contribution in [-0.4, -0.2) is 12.3 Å². The molecular formula is C8H15N3. The third-order valence-electron chi connectivity index (χ3n) is 1.50. The third kappa shape index (κ3) is 4.51. The van der Waals surface area contributed by atoms with Gasteiger partial charge in [0.15, 0.2) is 0 Å². The van der Waals surface area contributed by atoms with E-state index in [1.807, 2.05) is 13.8 Å². The van der Waals surface area contributed by atoms with Gasteiger partial charge in [0.2, 0.25) is 6.19 Å². The molecule has 11 heavy (non-hydrogen) atoms. The van der Waals surface area contributed by atoms with Crippen LogP contribution in [-0.2, 0) is 0 Å². The Kier molecular flexibility index (Phi) is 5.40. The smallest absolute Gasteiger partial charge is 0.205 e. The van der Waals surface area contributed by atoms with E-state index >= 15 is 0 Å². The molecule has 0 aliphatic rings. The van der Waals surface area contributed by atoms with Crippen molar-refractivity contribution in [3.63, 3.8) is 0 Å². The zero-order valence-corrected chi connectivity index (χ0v) is 7.17. The van der Waals surface area contributed by atoms with E-state index in [1.165, 1.54) is 0 Å². The van der Waals surface area contributed by atoms with Crippen LogP contribution in [0.15, 0.2) is 4.99 Å². The molecule has 0 aliphatic heterocycles. The number of hydrogen-bond donors (Lipinski definition) is 1. The van der Waals surface area contributed by atoms with Gasteiger partial charge in [0, 0.05) is 5.71 Å². The van der Waals surface area contributed by atoms with E-state index < -0.39 is 0 Å². The van der Waals surface area contributed by atoms with Crippen LogP contribution in [0, 0.1) is 17.4 Å². The fourth-order valence-corrected chi connectivity index (χ4v) is 0.821. The molecule has 0 aromatic heterocycles. The molecule has 0 spiro atoms. The maximum absolute atomic E-state index is 8.32. The summed E-state index contributed by atoms with van der Waals surface area (Å²) < 4.78 is 0. The molecule has 3 nitrogen and oxygen atoms in total. The van der Waals surface area contributed by atoms with Crippen LogP contribution >= 0.6 is 0 Å². The van der Waals surface area contributed by atoms with Crippen LogP contribution in [0.1, 0.15) is 26.7 Å². The molecule has 0 rings (SSSR count). The molecule has 0 unspecified atom stereocenters. The van der Waals surface area contributed by atoms with Crippen molar-refractivity contribution in [2.24, 2.45) is 16.6 Å². The minimum Gasteiger partial charge on any atom is -0.330 e. The molecule has 0 heterocycles. The molecule has 0 saturated heterocycles. The Balaban J connectivity index is 3.93. The van der Waals surface area contributed by atoms with Crippen LogP contribution in [0.3, 0.4) is 0 Å². The van der Waals surface area contributed by atoms with Gasteiger partial charge in [0.1, 0.15) is 0 Å². The molecule has 0 aliphatic carbocycles. The summed E-state index contributed by atoms with van der Waals surface area (Å²) >= 11 is 0. The second-order valence-corrected chi connectivity index (χ2v) is 2.75. The highest BCUT2D eigenvalue weighted by atomic mass is 14.7. The summed E-state index contributed by atoms with van der Waals surface area (Å²) in [7, 11) is 0. The number of nitriles is 1. The van der Waals surface area contributed by atoms with Crippen LogP contribution in [0.4, 0.5) is 0 Å². The monoisotopic (exact) mass is 153 g/mol. The maximum atomic E-state index is 8.32. The van der Waals surface area contributed by atoms with Crippen LogP contribution in [0.25, 0.3) is 0 Å². The highest BCUT2D eigenvalue weighted by Crippen LogP contribution is 2.03. The fourth-order valence-electron chi connectivity index (χ4n) is 0.821. The Morgan fingerprint density at radius 3 is 2.64 bits per heavy atom. The third-order valence-corrected chi connectivity index (χ3v) is 1.50. The molecule has 0 aromatic carbocycles. The van der Waals surface area contributed by atoms with E-state index in [9.17, 15) is 0 Å². The standard InChI is InChI=1S/C8H15N3/c1-7(2)8(11-6-10)4-3-5-9/h7H,3-5,9H2,1-2H3/b11-8+. The first-order valence-corrected chi connectivity index (χ1v) is 3.88. The highest BCUT2D eigenvalue weighted by molar-refractivity contribution is 5.86. The predicted octanol–water partition coefficient (Wildman–Crippen LogP) is 1.30. The van der Waals surface area contributed by atoms with Gasteiger partial charge in [-0.3, -0.25) is 0 Å². The van der Waals surface area contributed by atoms with E-state index in [4.69, 9.17) is 11.0 Å².